The van der Waals surface area contributed by atoms with E-state index in [-0.39, 0.29) is 11.3 Å². The number of nitriles is 1. The first kappa shape index (κ1) is 21.5. The first-order chi connectivity index (χ1) is 12.7. The van der Waals surface area contributed by atoms with Gasteiger partial charge in [-0.05, 0) is 87.2 Å². The SMILES string of the molecule is COc1c(I)cc(/C=C(/C#N)C(=O)Nc2cccc(C(F)(F)F)c2)cc1I. The van der Waals surface area contributed by atoms with Crippen molar-refractivity contribution in [3.63, 3.8) is 0 Å². The van der Waals surface area contributed by atoms with Crippen LogP contribution in [0.3, 0.4) is 0 Å². The highest BCUT2D eigenvalue weighted by atomic mass is 127. The molecule has 0 spiro atoms. The van der Waals surface area contributed by atoms with Crippen LogP contribution in [-0.4, -0.2) is 13.0 Å². The fourth-order valence-electron chi connectivity index (χ4n) is 2.14. The highest BCUT2D eigenvalue weighted by Gasteiger charge is 2.30. The van der Waals surface area contributed by atoms with Crippen molar-refractivity contribution < 1.29 is 22.7 Å². The van der Waals surface area contributed by atoms with Gasteiger partial charge in [-0.15, -0.1) is 0 Å². The summed E-state index contributed by atoms with van der Waals surface area (Å²) in [5, 5.41) is 11.6. The number of methoxy groups -OCH3 is 1. The lowest BCUT2D eigenvalue weighted by molar-refractivity contribution is -0.137. The molecule has 0 bridgehead atoms. The molecule has 140 valence electrons. The Hall–Kier alpha value is -1.81. The van der Waals surface area contributed by atoms with E-state index in [1.165, 1.54) is 18.2 Å². The van der Waals surface area contributed by atoms with Gasteiger partial charge in [0, 0.05) is 5.69 Å². The van der Waals surface area contributed by atoms with E-state index in [0.29, 0.717) is 11.3 Å². The van der Waals surface area contributed by atoms with Crippen molar-refractivity contribution in [3.05, 3.63) is 60.2 Å². The van der Waals surface area contributed by atoms with E-state index in [0.717, 1.165) is 19.3 Å². The maximum Gasteiger partial charge on any atom is 0.416 e. The van der Waals surface area contributed by atoms with Gasteiger partial charge in [-0.25, -0.2) is 0 Å². The summed E-state index contributed by atoms with van der Waals surface area (Å²) in [7, 11) is 1.54. The van der Waals surface area contributed by atoms with Gasteiger partial charge in [0.1, 0.15) is 17.4 Å². The van der Waals surface area contributed by atoms with E-state index in [9.17, 15) is 23.2 Å². The van der Waals surface area contributed by atoms with Gasteiger partial charge in [0.2, 0.25) is 0 Å². The zero-order valence-corrected chi connectivity index (χ0v) is 18.0. The number of halogens is 5. The molecule has 9 heteroatoms. The monoisotopic (exact) mass is 598 g/mol. The second-order valence-electron chi connectivity index (χ2n) is 5.22. The summed E-state index contributed by atoms with van der Waals surface area (Å²) in [6.07, 6.45) is -3.15. The molecule has 1 N–H and O–H groups in total. The Kier molecular flexibility index (Phi) is 7.10. The van der Waals surface area contributed by atoms with Gasteiger partial charge >= 0.3 is 6.18 Å². The Bertz CT molecular complexity index is 927. The van der Waals surface area contributed by atoms with Crippen molar-refractivity contribution in [2.24, 2.45) is 0 Å². The molecule has 0 aliphatic heterocycles. The van der Waals surface area contributed by atoms with Crippen molar-refractivity contribution in [3.8, 4) is 11.8 Å². The predicted octanol–water partition coefficient (Wildman–Crippen LogP) is 5.47. The number of nitrogens with zero attached hydrogens (tertiary/aromatic N) is 1. The van der Waals surface area contributed by atoms with Crippen molar-refractivity contribution in [2.75, 3.05) is 12.4 Å². The Morgan fingerprint density at radius 1 is 1.22 bits per heavy atom. The van der Waals surface area contributed by atoms with E-state index >= 15 is 0 Å². The van der Waals surface area contributed by atoms with E-state index in [1.54, 1.807) is 25.3 Å². The molecular weight excluding hydrogens is 587 g/mol. The number of hydrogen-bond donors (Lipinski definition) is 1. The van der Waals surface area contributed by atoms with Gasteiger partial charge in [-0.3, -0.25) is 4.79 Å². The minimum Gasteiger partial charge on any atom is -0.495 e. The van der Waals surface area contributed by atoms with Gasteiger partial charge in [0.15, 0.2) is 0 Å². The zero-order chi connectivity index (χ0) is 20.2. The number of rotatable bonds is 4. The lowest BCUT2D eigenvalue weighted by Crippen LogP contribution is -2.14. The molecule has 0 fully saturated rings. The first-order valence-corrected chi connectivity index (χ1v) is 9.45. The Morgan fingerprint density at radius 3 is 2.37 bits per heavy atom. The van der Waals surface area contributed by atoms with Crippen LogP contribution in [0.15, 0.2) is 42.0 Å². The number of alkyl halides is 3. The number of carbonyl (C=O) groups is 1. The third-order valence-electron chi connectivity index (χ3n) is 3.35. The number of ether oxygens (including phenoxy) is 1. The quantitative estimate of drug-likeness (QED) is 0.289. The molecule has 1 amide bonds. The number of amides is 1. The molecular formula is C18H11F3I2N2O2. The molecule has 0 atom stereocenters. The highest BCUT2D eigenvalue weighted by Crippen LogP contribution is 2.31. The number of anilines is 1. The van der Waals surface area contributed by atoms with Gasteiger partial charge in [-0.2, -0.15) is 18.4 Å². The van der Waals surface area contributed by atoms with Crippen LogP contribution in [0.5, 0.6) is 5.75 Å². The average molecular weight is 598 g/mol. The van der Waals surface area contributed by atoms with Gasteiger partial charge in [0.25, 0.3) is 5.91 Å². The molecule has 0 saturated carbocycles. The van der Waals surface area contributed by atoms with Gasteiger partial charge < -0.3 is 10.1 Å². The molecule has 0 aliphatic carbocycles. The topological polar surface area (TPSA) is 62.1 Å². The van der Waals surface area contributed by atoms with Crippen LogP contribution in [0.4, 0.5) is 18.9 Å². The number of hydrogen-bond acceptors (Lipinski definition) is 3. The summed E-state index contributed by atoms with van der Waals surface area (Å²) in [4.78, 5) is 12.3. The first-order valence-electron chi connectivity index (χ1n) is 7.29. The van der Waals surface area contributed by atoms with Gasteiger partial charge in [-0.1, -0.05) is 6.07 Å². The van der Waals surface area contributed by atoms with E-state index in [2.05, 4.69) is 50.5 Å². The second-order valence-corrected chi connectivity index (χ2v) is 7.54. The average Bonchev–Trinajstić information content (AvgIpc) is 2.59. The fraction of sp³-hybridized carbons (Fsp3) is 0.111. The number of carbonyl (C=O) groups excluding carboxylic acids is 1. The van der Waals surface area contributed by atoms with Crippen LogP contribution in [0.25, 0.3) is 6.08 Å². The van der Waals surface area contributed by atoms with Crippen LogP contribution < -0.4 is 10.1 Å². The van der Waals surface area contributed by atoms with Crippen LogP contribution in [0.2, 0.25) is 0 Å². The molecule has 2 aromatic rings. The summed E-state index contributed by atoms with van der Waals surface area (Å²) in [5.74, 6) is -0.113. The lowest BCUT2D eigenvalue weighted by Gasteiger charge is -2.10. The normalized spacial score (nSPS) is 11.7. The van der Waals surface area contributed by atoms with E-state index < -0.39 is 17.6 Å². The summed E-state index contributed by atoms with van der Waals surface area (Å²) in [6.45, 7) is 0. The molecule has 4 nitrogen and oxygen atoms in total. The number of nitrogens with one attached hydrogen (secondary N) is 1. The minimum atomic E-state index is -4.52. The molecule has 27 heavy (non-hydrogen) atoms. The smallest absolute Gasteiger partial charge is 0.416 e. The Balaban J connectivity index is 2.29. The third kappa shape index (κ3) is 5.58. The van der Waals surface area contributed by atoms with E-state index in [4.69, 9.17) is 4.74 Å². The zero-order valence-electron chi connectivity index (χ0n) is 13.7. The molecule has 0 radical (unpaired) electrons. The highest BCUT2D eigenvalue weighted by molar-refractivity contribution is 14.1. The van der Waals surface area contributed by atoms with Crippen molar-refractivity contribution >= 4 is 62.9 Å². The summed E-state index contributed by atoms with van der Waals surface area (Å²) < 4.78 is 45.1. The summed E-state index contributed by atoms with van der Waals surface area (Å²) in [5.41, 5.74) is -0.568. The maximum atomic E-state index is 12.8. The largest absolute Gasteiger partial charge is 0.495 e. The third-order valence-corrected chi connectivity index (χ3v) is 4.95. The van der Waals surface area contributed by atoms with Crippen LogP contribution in [0.1, 0.15) is 11.1 Å². The molecule has 2 aromatic carbocycles. The van der Waals surface area contributed by atoms with Crippen molar-refractivity contribution in [1.29, 1.82) is 5.26 Å². The minimum absolute atomic E-state index is 0.0464. The molecule has 0 aromatic heterocycles. The summed E-state index contributed by atoms with van der Waals surface area (Å²) in [6, 6.07) is 9.45. The molecule has 2 rings (SSSR count). The molecule has 0 heterocycles. The predicted molar refractivity (Wildman–Crippen MR) is 112 cm³/mol. The van der Waals surface area contributed by atoms with Crippen molar-refractivity contribution in [2.45, 2.75) is 6.18 Å². The molecule has 0 aliphatic rings. The van der Waals surface area contributed by atoms with Crippen molar-refractivity contribution in [1.82, 2.24) is 0 Å². The maximum absolute atomic E-state index is 12.8. The molecule has 0 saturated heterocycles. The second kappa shape index (κ2) is 8.92. The van der Waals surface area contributed by atoms with Gasteiger partial charge in [0.05, 0.1) is 19.8 Å². The van der Waals surface area contributed by atoms with Crippen LogP contribution in [-0.2, 0) is 11.0 Å². The molecule has 0 unspecified atom stereocenters. The van der Waals surface area contributed by atoms with E-state index in [1.807, 2.05) is 0 Å². The van der Waals surface area contributed by atoms with Crippen LogP contribution >= 0.6 is 45.2 Å². The summed E-state index contributed by atoms with van der Waals surface area (Å²) >= 11 is 4.14. The van der Waals surface area contributed by atoms with Crippen LogP contribution in [0, 0.1) is 18.5 Å². The number of benzene rings is 2. The Morgan fingerprint density at radius 2 is 1.85 bits per heavy atom. The fourth-order valence-corrected chi connectivity index (χ4v) is 4.40. The lowest BCUT2D eigenvalue weighted by atomic mass is 10.1. The Labute approximate surface area is 180 Å². The standard InChI is InChI=1S/C18H11F3I2N2O2/c1-27-16-14(22)6-10(7-15(16)23)5-11(9-24)17(26)25-13-4-2-3-12(8-13)18(19,20)21/h2-8H,1H3,(H,25,26)/b11-5-.